The molecule has 0 spiro atoms. The maximum absolute atomic E-state index is 12.3. The molecule has 2 aromatic rings. The Morgan fingerprint density at radius 1 is 1.17 bits per heavy atom. The molecular formula is C18H19N3O3. The van der Waals surface area contributed by atoms with Gasteiger partial charge < -0.3 is 15.4 Å². The van der Waals surface area contributed by atoms with Crippen molar-refractivity contribution in [3.05, 3.63) is 53.7 Å². The van der Waals surface area contributed by atoms with Crippen LogP contribution in [0.1, 0.15) is 23.7 Å². The van der Waals surface area contributed by atoms with E-state index in [0.29, 0.717) is 19.5 Å². The van der Waals surface area contributed by atoms with E-state index in [0.717, 1.165) is 16.5 Å². The average Bonchev–Trinajstić information content (AvgIpc) is 2.59. The number of hydrogen-bond acceptors (Lipinski definition) is 4. The summed E-state index contributed by atoms with van der Waals surface area (Å²) in [6.45, 7) is 2.68. The van der Waals surface area contributed by atoms with Crippen molar-refractivity contribution in [2.45, 2.75) is 13.3 Å². The molecule has 0 unspecified atom stereocenters. The molecule has 0 saturated heterocycles. The molecule has 0 aromatic heterocycles. The summed E-state index contributed by atoms with van der Waals surface area (Å²) in [6, 6.07) is 10.8. The van der Waals surface area contributed by atoms with Crippen LogP contribution < -0.4 is 10.9 Å². The minimum Gasteiger partial charge on any atom is -0.507 e. The van der Waals surface area contributed by atoms with Crippen LogP contribution in [0.5, 0.6) is 5.75 Å². The second-order valence-electron chi connectivity index (χ2n) is 5.74. The van der Waals surface area contributed by atoms with Crippen molar-refractivity contribution in [1.29, 1.82) is 0 Å². The van der Waals surface area contributed by atoms with Crippen LogP contribution in [0.2, 0.25) is 0 Å². The minimum absolute atomic E-state index is 0.0374. The number of hydrogen-bond donors (Lipinski definition) is 3. The van der Waals surface area contributed by atoms with Gasteiger partial charge in [0.25, 0.3) is 5.91 Å². The summed E-state index contributed by atoms with van der Waals surface area (Å²) in [7, 11) is 0. The van der Waals surface area contributed by atoms with E-state index in [-0.39, 0.29) is 17.2 Å². The molecule has 3 rings (SSSR count). The van der Waals surface area contributed by atoms with E-state index >= 15 is 0 Å². The fraction of sp³-hybridized carbons (Fsp3) is 0.222. The van der Waals surface area contributed by atoms with Gasteiger partial charge in [-0.2, -0.15) is 0 Å². The Bertz CT molecular complexity index is 829. The first-order valence-corrected chi connectivity index (χ1v) is 7.77. The van der Waals surface area contributed by atoms with Gasteiger partial charge in [-0.3, -0.25) is 15.0 Å². The molecule has 24 heavy (non-hydrogen) atoms. The molecule has 0 radical (unpaired) electrons. The van der Waals surface area contributed by atoms with Gasteiger partial charge >= 0.3 is 0 Å². The van der Waals surface area contributed by atoms with E-state index in [4.69, 9.17) is 0 Å². The maximum atomic E-state index is 12.3. The first-order chi connectivity index (χ1) is 11.5. The van der Waals surface area contributed by atoms with Crippen LogP contribution in [0.25, 0.3) is 10.8 Å². The molecule has 1 heterocycles. The van der Waals surface area contributed by atoms with Crippen LogP contribution in [0.4, 0.5) is 0 Å². The maximum Gasteiger partial charge on any atom is 0.273 e. The van der Waals surface area contributed by atoms with Gasteiger partial charge in [-0.25, -0.2) is 0 Å². The van der Waals surface area contributed by atoms with Crippen molar-refractivity contribution in [3.63, 3.8) is 0 Å². The van der Waals surface area contributed by atoms with Crippen molar-refractivity contribution in [2.75, 3.05) is 13.1 Å². The highest BCUT2D eigenvalue weighted by molar-refractivity contribution is 6.01. The number of carbonyl (C=O) groups excluding carboxylic acids is 2. The molecule has 0 atom stereocenters. The summed E-state index contributed by atoms with van der Waals surface area (Å²) < 4.78 is 0. The Hall–Kier alpha value is -3.02. The first kappa shape index (κ1) is 15.9. The third-order valence-corrected chi connectivity index (χ3v) is 4.10. The van der Waals surface area contributed by atoms with Crippen molar-refractivity contribution in [3.8, 4) is 5.75 Å². The summed E-state index contributed by atoms with van der Waals surface area (Å²) in [6.07, 6.45) is 2.51. The Morgan fingerprint density at radius 3 is 2.50 bits per heavy atom. The monoisotopic (exact) mass is 325 g/mol. The number of nitrogens with one attached hydrogen (secondary N) is 2. The molecule has 0 saturated carbocycles. The molecular weight excluding hydrogens is 306 g/mol. The molecule has 2 amide bonds. The Kier molecular flexibility index (Phi) is 4.37. The summed E-state index contributed by atoms with van der Waals surface area (Å²) in [5, 5.41) is 11.8. The molecule has 1 aliphatic heterocycles. The summed E-state index contributed by atoms with van der Waals surface area (Å²) >= 11 is 0. The van der Waals surface area contributed by atoms with Crippen LogP contribution in [-0.4, -0.2) is 34.9 Å². The van der Waals surface area contributed by atoms with Crippen molar-refractivity contribution in [2.24, 2.45) is 0 Å². The quantitative estimate of drug-likeness (QED) is 0.753. The normalized spacial score (nSPS) is 14.2. The molecule has 0 bridgehead atoms. The lowest BCUT2D eigenvalue weighted by Crippen LogP contribution is -2.41. The van der Waals surface area contributed by atoms with Gasteiger partial charge in [0.05, 0.1) is 5.56 Å². The van der Waals surface area contributed by atoms with Crippen LogP contribution >= 0.6 is 0 Å². The van der Waals surface area contributed by atoms with E-state index in [1.165, 1.54) is 6.92 Å². The number of phenolic OH excluding ortho intramolecular Hbond substituents is 1. The van der Waals surface area contributed by atoms with E-state index < -0.39 is 5.91 Å². The van der Waals surface area contributed by atoms with Gasteiger partial charge in [-0.15, -0.1) is 0 Å². The second kappa shape index (κ2) is 6.62. The number of hydrazine groups is 1. The van der Waals surface area contributed by atoms with E-state index in [9.17, 15) is 14.7 Å². The number of benzene rings is 2. The molecule has 0 fully saturated rings. The second-order valence-corrected chi connectivity index (χ2v) is 5.74. The molecule has 1 aliphatic rings. The zero-order valence-corrected chi connectivity index (χ0v) is 13.4. The predicted molar refractivity (Wildman–Crippen MR) is 91.2 cm³/mol. The number of rotatable bonds is 3. The Labute approximate surface area is 139 Å². The van der Waals surface area contributed by atoms with Crippen molar-refractivity contribution >= 4 is 22.6 Å². The van der Waals surface area contributed by atoms with Crippen molar-refractivity contribution in [1.82, 2.24) is 15.8 Å². The third-order valence-electron chi connectivity index (χ3n) is 4.10. The van der Waals surface area contributed by atoms with E-state index in [2.05, 4.69) is 10.9 Å². The van der Waals surface area contributed by atoms with Gasteiger partial charge in [0, 0.05) is 32.1 Å². The van der Waals surface area contributed by atoms with Gasteiger partial charge in [0.2, 0.25) is 5.91 Å². The average molecular weight is 325 g/mol. The number of phenols is 1. The van der Waals surface area contributed by atoms with E-state index in [1.807, 2.05) is 30.3 Å². The highest BCUT2D eigenvalue weighted by Gasteiger charge is 2.16. The number of fused-ring (bicyclic) bond motifs is 1. The van der Waals surface area contributed by atoms with Gasteiger partial charge in [-0.1, -0.05) is 24.3 Å². The Balaban J connectivity index is 1.67. The molecule has 124 valence electrons. The zero-order chi connectivity index (χ0) is 17.1. The molecule has 2 aromatic carbocycles. The molecule has 6 heteroatoms. The van der Waals surface area contributed by atoms with Gasteiger partial charge in [0.15, 0.2) is 0 Å². The van der Waals surface area contributed by atoms with Crippen LogP contribution in [-0.2, 0) is 4.79 Å². The zero-order valence-electron chi connectivity index (χ0n) is 13.4. The number of amides is 2. The van der Waals surface area contributed by atoms with Gasteiger partial charge in [-0.05, 0) is 29.0 Å². The SMILES string of the molecule is CC(=O)N1CC=C(NNC(=O)c2cc3ccccc3cc2O)CC1. The number of carbonyl (C=O) groups is 2. The lowest BCUT2D eigenvalue weighted by molar-refractivity contribution is -0.128. The summed E-state index contributed by atoms with van der Waals surface area (Å²) in [5.74, 6) is -0.433. The number of aromatic hydroxyl groups is 1. The summed E-state index contributed by atoms with van der Waals surface area (Å²) in [5.41, 5.74) is 6.52. The minimum atomic E-state index is -0.409. The topological polar surface area (TPSA) is 81.7 Å². The van der Waals surface area contributed by atoms with Crippen molar-refractivity contribution < 1.29 is 14.7 Å². The number of nitrogens with zero attached hydrogens (tertiary/aromatic N) is 1. The summed E-state index contributed by atoms with van der Waals surface area (Å²) in [4.78, 5) is 25.3. The standard InChI is InChI=1S/C18H19N3O3/c1-12(22)21-8-6-15(7-9-21)19-20-18(24)16-10-13-4-2-3-5-14(13)11-17(16)23/h2-6,10-11,19,23H,7-9H2,1H3,(H,20,24). The largest absolute Gasteiger partial charge is 0.507 e. The van der Waals surface area contributed by atoms with E-state index in [1.54, 1.807) is 17.0 Å². The van der Waals surface area contributed by atoms with Crippen LogP contribution in [0.3, 0.4) is 0 Å². The lowest BCUT2D eigenvalue weighted by atomic mass is 10.1. The predicted octanol–water partition coefficient (Wildman–Crippen LogP) is 1.92. The fourth-order valence-electron chi connectivity index (χ4n) is 2.68. The highest BCUT2D eigenvalue weighted by Crippen LogP contribution is 2.24. The molecule has 0 aliphatic carbocycles. The fourth-order valence-corrected chi connectivity index (χ4v) is 2.68. The third kappa shape index (κ3) is 3.32. The smallest absolute Gasteiger partial charge is 0.273 e. The first-order valence-electron chi connectivity index (χ1n) is 7.77. The highest BCUT2D eigenvalue weighted by atomic mass is 16.3. The van der Waals surface area contributed by atoms with Gasteiger partial charge in [0.1, 0.15) is 5.75 Å². The van der Waals surface area contributed by atoms with Crippen LogP contribution in [0, 0.1) is 0 Å². The molecule has 3 N–H and O–H groups in total. The molecule has 6 nitrogen and oxygen atoms in total. The lowest BCUT2D eigenvalue weighted by Gasteiger charge is -2.25. The van der Waals surface area contributed by atoms with Crippen LogP contribution in [0.15, 0.2) is 48.2 Å². The Morgan fingerprint density at radius 2 is 1.88 bits per heavy atom.